The average molecular weight is 300 g/mol. The van der Waals surface area contributed by atoms with Crippen LogP contribution in [0.5, 0.6) is 0 Å². The van der Waals surface area contributed by atoms with E-state index in [9.17, 15) is 0 Å². The van der Waals surface area contributed by atoms with E-state index >= 15 is 0 Å². The van der Waals surface area contributed by atoms with E-state index in [1.807, 2.05) is 12.1 Å². The molecule has 2 atom stereocenters. The number of hydrogen-bond donors (Lipinski definition) is 1. The molecule has 1 spiro atoms. The minimum absolute atomic E-state index is 0.00225. The highest BCUT2D eigenvalue weighted by Gasteiger charge is 2.43. The largest absolute Gasteiger partial charge is 0.375 e. The van der Waals surface area contributed by atoms with E-state index in [0.717, 1.165) is 25.0 Å². The van der Waals surface area contributed by atoms with Gasteiger partial charge in [-0.1, -0.05) is 23.2 Å². The average Bonchev–Trinajstić information content (AvgIpc) is 2.35. The van der Waals surface area contributed by atoms with Gasteiger partial charge in [0.05, 0.1) is 5.60 Å². The monoisotopic (exact) mass is 299 g/mol. The Morgan fingerprint density at radius 2 is 1.89 bits per heavy atom. The molecule has 1 aromatic rings. The van der Waals surface area contributed by atoms with Gasteiger partial charge in [-0.3, -0.25) is 0 Å². The van der Waals surface area contributed by atoms with Crippen LogP contribution in [0, 0.1) is 5.92 Å². The van der Waals surface area contributed by atoms with Crippen molar-refractivity contribution in [2.75, 3.05) is 6.61 Å². The van der Waals surface area contributed by atoms with Crippen molar-refractivity contribution >= 4 is 23.2 Å². The van der Waals surface area contributed by atoms with Crippen molar-refractivity contribution in [1.82, 2.24) is 0 Å². The lowest BCUT2D eigenvalue weighted by atomic mass is 9.70. The van der Waals surface area contributed by atoms with Crippen LogP contribution in [0.3, 0.4) is 0 Å². The number of rotatable bonds is 2. The first-order valence-corrected chi connectivity index (χ1v) is 7.69. The van der Waals surface area contributed by atoms with Crippen molar-refractivity contribution in [3.05, 3.63) is 33.8 Å². The Morgan fingerprint density at radius 3 is 2.47 bits per heavy atom. The van der Waals surface area contributed by atoms with Gasteiger partial charge in [-0.05, 0) is 61.8 Å². The van der Waals surface area contributed by atoms with Crippen molar-refractivity contribution in [3.8, 4) is 0 Å². The molecule has 2 aliphatic rings. The molecule has 1 aliphatic carbocycles. The Kier molecular flexibility index (Phi) is 3.78. The van der Waals surface area contributed by atoms with E-state index in [1.165, 1.54) is 19.3 Å². The number of nitrogens with two attached hydrogens (primary N) is 1. The van der Waals surface area contributed by atoms with Gasteiger partial charge in [0.2, 0.25) is 0 Å². The zero-order chi connectivity index (χ0) is 13.5. The second-order valence-corrected chi connectivity index (χ2v) is 6.74. The fraction of sp³-hybridized carbons (Fsp3) is 0.600. The maximum Gasteiger partial charge on any atom is 0.0686 e. The lowest BCUT2D eigenvalue weighted by molar-refractivity contribution is -0.146. The van der Waals surface area contributed by atoms with Crippen LogP contribution in [-0.2, 0) is 4.74 Å². The molecule has 2 fully saturated rings. The van der Waals surface area contributed by atoms with E-state index in [2.05, 4.69) is 0 Å². The highest BCUT2D eigenvalue weighted by molar-refractivity contribution is 6.34. The molecule has 0 amide bonds. The first kappa shape index (κ1) is 13.7. The van der Waals surface area contributed by atoms with Crippen molar-refractivity contribution < 1.29 is 4.74 Å². The zero-order valence-electron chi connectivity index (χ0n) is 10.9. The van der Waals surface area contributed by atoms with Crippen LogP contribution in [0.2, 0.25) is 10.0 Å². The summed E-state index contributed by atoms with van der Waals surface area (Å²) in [6.07, 6.45) is 5.75. The zero-order valence-corrected chi connectivity index (χ0v) is 12.4. The Hall–Kier alpha value is -0.280. The van der Waals surface area contributed by atoms with Gasteiger partial charge in [0.1, 0.15) is 0 Å². The van der Waals surface area contributed by atoms with Gasteiger partial charge in [0.25, 0.3) is 0 Å². The molecule has 2 unspecified atom stereocenters. The van der Waals surface area contributed by atoms with Crippen molar-refractivity contribution in [1.29, 1.82) is 0 Å². The van der Waals surface area contributed by atoms with Gasteiger partial charge in [-0.2, -0.15) is 0 Å². The molecule has 1 aromatic carbocycles. The Bertz CT molecular complexity index is 453. The van der Waals surface area contributed by atoms with Crippen LogP contribution in [0.25, 0.3) is 0 Å². The van der Waals surface area contributed by atoms with E-state index < -0.39 is 0 Å². The quantitative estimate of drug-likeness (QED) is 0.881. The molecule has 0 bridgehead atoms. The molecular formula is C15H19Cl2NO. The van der Waals surface area contributed by atoms with Crippen molar-refractivity contribution in [2.24, 2.45) is 11.7 Å². The number of halogens is 2. The summed E-state index contributed by atoms with van der Waals surface area (Å²) in [5.41, 5.74) is 7.60. The van der Waals surface area contributed by atoms with Crippen LogP contribution < -0.4 is 5.73 Å². The van der Waals surface area contributed by atoms with Gasteiger partial charge in [-0.25, -0.2) is 0 Å². The normalized spacial score (nSPS) is 27.0. The molecule has 1 saturated carbocycles. The van der Waals surface area contributed by atoms with Gasteiger partial charge in [0, 0.05) is 22.7 Å². The van der Waals surface area contributed by atoms with Gasteiger partial charge in [-0.15, -0.1) is 0 Å². The summed E-state index contributed by atoms with van der Waals surface area (Å²) >= 11 is 12.1. The summed E-state index contributed by atoms with van der Waals surface area (Å²) < 4.78 is 5.96. The van der Waals surface area contributed by atoms with Gasteiger partial charge in [0.15, 0.2) is 0 Å². The lowest BCUT2D eigenvalue weighted by Gasteiger charge is -2.48. The molecule has 2 N–H and O–H groups in total. The second kappa shape index (κ2) is 5.25. The molecule has 3 rings (SSSR count). The third-order valence-electron chi connectivity index (χ3n) is 4.57. The molecule has 1 heterocycles. The van der Waals surface area contributed by atoms with Crippen LogP contribution in [0.1, 0.15) is 43.7 Å². The minimum atomic E-state index is -0.00225. The second-order valence-electron chi connectivity index (χ2n) is 5.87. The fourth-order valence-corrected chi connectivity index (χ4v) is 3.87. The topological polar surface area (TPSA) is 35.2 Å². The van der Waals surface area contributed by atoms with Gasteiger partial charge >= 0.3 is 0 Å². The number of ether oxygens (including phenoxy) is 1. The summed E-state index contributed by atoms with van der Waals surface area (Å²) in [6, 6.07) is 5.61. The first-order chi connectivity index (χ1) is 9.08. The Labute approximate surface area is 124 Å². The standard InChI is InChI=1S/C15H19Cl2NO/c16-12-6-11(7-13(17)8-12)14(18)10-2-5-19-15(9-10)3-1-4-15/h6-8,10,14H,1-5,9,18H2. The van der Waals surface area contributed by atoms with E-state index in [4.69, 9.17) is 33.7 Å². The summed E-state index contributed by atoms with van der Waals surface area (Å²) in [7, 11) is 0. The van der Waals surface area contributed by atoms with Crippen LogP contribution in [-0.4, -0.2) is 12.2 Å². The Morgan fingerprint density at radius 1 is 1.21 bits per heavy atom. The number of hydrogen-bond acceptors (Lipinski definition) is 2. The smallest absolute Gasteiger partial charge is 0.0686 e. The predicted molar refractivity (Wildman–Crippen MR) is 78.6 cm³/mol. The van der Waals surface area contributed by atoms with Crippen molar-refractivity contribution in [3.63, 3.8) is 0 Å². The van der Waals surface area contributed by atoms with E-state index in [1.54, 1.807) is 6.07 Å². The fourth-order valence-electron chi connectivity index (χ4n) is 3.33. The van der Waals surface area contributed by atoms with Gasteiger partial charge < -0.3 is 10.5 Å². The molecule has 0 aromatic heterocycles. The SMILES string of the molecule is NC(c1cc(Cl)cc(Cl)c1)C1CCOC2(CCC2)C1. The van der Waals surface area contributed by atoms with Crippen LogP contribution in [0.4, 0.5) is 0 Å². The maximum absolute atomic E-state index is 6.43. The molecule has 2 nitrogen and oxygen atoms in total. The highest BCUT2D eigenvalue weighted by Crippen LogP contribution is 2.46. The minimum Gasteiger partial charge on any atom is -0.375 e. The molecule has 19 heavy (non-hydrogen) atoms. The van der Waals surface area contributed by atoms with Crippen LogP contribution >= 0.6 is 23.2 Å². The van der Waals surface area contributed by atoms with Crippen molar-refractivity contribution in [2.45, 2.75) is 43.7 Å². The molecule has 104 valence electrons. The molecule has 1 saturated heterocycles. The predicted octanol–water partition coefficient (Wildman–Crippen LogP) is 4.34. The Balaban J connectivity index is 1.77. The third-order valence-corrected chi connectivity index (χ3v) is 5.01. The third kappa shape index (κ3) is 2.78. The highest BCUT2D eigenvalue weighted by atomic mass is 35.5. The molecule has 0 radical (unpaired) electrons. The van der Waals surface area contributed by atoms with Crippen LogP contribution in [0.15, 0.2) is 18.2 Å². The summed E-state index contributed by atoms with van der Waals surface area (Å²) in [5, 5.41) is 1.31. The van der Waals surface area contributed by atoms with E-state index in [-0.39, 0.29) is 11.6 Å². The summed E-state index contributed by atoms with van der Waals surface area (Å²) in [6.45, 7) is 0.826. The van der Waals surface area contributed by atoms with E-state index in [0.29, 0.717) is 16.0 Å². The molecular weight excluding hydrogens is 281 g/mol. The first-order valence-electron chi connectivity index (χ1n) is 6.94. The summed E-state index contributed by atoms with van der Waals surface area (Å²) in [4.78, 5) is 0. The molecule has 1 aliphatic heterocycles. The lowest BCUT2D eigenvalue weighted by Crippen LogP contribution is -2.47. The molecule has 4 heteroatoms. The number of benzene rings is 1. The maximum atomic E-state index is 6.43. The summed E-state index contributed by atoms with van der Waals surface area (Å²) in [5.74, 6) is 0.462.